The molecule has 6 N–H and O–H groups in total. The molecule has 15 aliphatic rings. The Morgan fingerprint density at radius 1 is 0.788 bits per heavy atom. The van der Waals surface area contributed by atoms with Gasteiger partial charge in [-0.15, -0.1) is 0 Å². The monoisotopic (exact) mass is 1150 g/mol. The average molecular weight is 1150 g/mol. The summed E-state index contributed by atoms with van der Waals surface area (Å²) in [6.45, 7) is 2.88. The normalized spacial score (nSPS) is 46.8. The Morgan fingerprint density at radius 3 is 2.38 bits per heavy atom. The van der Waals surface area contributed by atoms with E-state index < -0.39 is 68.4 Å². The number of aliphatic hydroxyl groups excluding tert-OH is 2. The summed E-state index contributed by atoms with van der Waals surface area (Å²) in [5.74, 6) is 6.29. The van der Waals surface area contributed by atoms with Gasteiger partial charge in [-0.1, -0.05) is 105 Å². The molecule has 2 aliphatic heterocycles. The van der Waals surface area contributed by atoms with Crippen molar-refractivity contribution in [2.45, 2.75) is 209 Å². The number of aryl methyl sites for hydroxylation is 1. The van der Waals surface area contributed by atoms with Crippen LogP contribution in [-0.2, 0) is 51.4 Å². The van der Waals surface area contributed by atoms with E-state index in [0.29, 0.717) is 75.7 Å². The fraction of sp³-hybridized carbons (Fsp3) is 0.680. The topological polar surface area (TPSA) is 166 Å². The lowest BCUT2D eigenvalue weighted by Gasteiger charge is -2.75. The van der Waals surface area contributed by atoms with E-state index >= 15 is 15.0 Å². The van der Waals surface area contributed by atoms with Gasteiger partial charge in [0.2, 0.25) is 0 Å². The second-order valence-corrected chi connectivity index (χ2v) is 31.5. The van der Waals surface area contributed by atoms with Crippen LogP contribution in [0.3, 0.4) is 0 Å². The molecule has 3 aromatic rings. The number of fused-ring (bicyclic) bond motifs is 4. The van der Waals surface area contributed by atoms with E-state index in [1.807, 2.05) is 19.2 Å². The molecule has 0 amide bonds. The Balaban J connectivity index is 0.931. The maximum atomic E-state index is 15.8. The van der Waals surface area contributed by atoms with E-state index in [2.05, 4.69) is 78.7 Å². The highest BCUT2D eigenvalue weighted by molar-refractivity contribution is 5.86. The zero-order valence-corrected chi connectivity index (χ0v) is 50.5. The van der Waals surface area contributed by atoms with Crippen LogP contribution >= 0.6 is 0 Å². The third-order valence-corrected chi connectivity index (χ3v) is 28.3. The molecule has 10 fully saturated rings. The van der Waals surface area contributed by atoms with Crippen LogP contribution in [0.25, 0.3) is 0 Å². The number of hydrogen-bond acceptors (Lipinski definition) is 10. The van der Waals surface area contributed by atoms with Gasteiger partial charge in [0.25, 0.3) is 0 Å². The van der Waals surface area contributed by atoms with Crippen molar-refractivity contribution >= 4 is 12.3 Å². The quantitative estimate of drug-likeness (QED) is 0.0823. The summed E-state index contributed by atoms with van der Waals surface area (Å²) in [5, 5.41) is 75.0. The smallest absolute Gasteiger partial charge is 0.331 e. The first-order valence-electron chi connectivity index (χ1n) is 34.0. The van der Waals surface area contributed by atoms with Gasteiger partial charge in [-0.3, -0.25) is 0 Å². The zero-order chi connectivity index (χ0) is 58.0. The molecule has 13 aliphatic carbocycles. The van der Waals surface area contributed by atoms with Crippen LogP contribution in [0.1, 0.15) is 174 Å². The van der Waals surface area contributed by atoms with Gasteiger partial charge in [0.05, 0.1) is 29.8 Å². The maximum Gasteiger partial charge on any atom is 0.331 e. The first kappa shape index (κ1) is 56.1. The van der Waals surface area contributed by atoms with Gasteiger partial charge in [0.15, 0.2) is 0 Å². The number of aliphatic hydroxyl groups is 5. The molecule has 85 heavy (non-hydrogen) atoms. The third-order valence-electron chi connectivity index (χ3n) is 28.3. The van der Waals surface area contributed by atoms with Crippen molar-refractivity contribution in [3.05, 3.63) is 117 Å². The fourth-order valence-electron chi connectivity index (χ4n) is 25.1. The van der Waals surface area contributed by atoms with E-state index in [4.69, 9.17) is 9.47 Å². The van der Waals surface area contributed by atoms with E-state index in [1.165, 1.54) is 47.9 Å². The summed E-state index contributed by atoms with van der Waals surface area (Å²) in [7, 11) is 1.97. The maximum absolute atomic E-state index is 15.8. The molecule has 3 aromatic carbocycles. The Kier molecular flexibility index (Phi) is 13.3. The lowest BCUT2D eigenvalue weighted by atomic mass is 9.32. The lowest BCUT2D eigenvalue weighted by Crippen LogP contribution is -2.87. The first-order valence-corrected chi connectivity index (χ1v) is 34.0. The second-order valence-electron chi connectivity index (χ2n) is 31.5. The summed E-state index contributed by atoms with van der Waals surface area (Å²) in [4.78, 5) is 30.0. The number of aldehydes is 1. The molecule has 9 saturated carbocycles. The summed E-state index contributed by atoms with van der Waals surface area (Å²) in [6.07, 6.45) is 19.0. The third kappa shape index (κ3) is 7.87. The van der Waals surface area contributed by atoms with Gasteiger partial charge in [-0.25, -0.2) is 4.79 Å². The number of ether oxygens (including phenoxy) is 2. The van der Waals surface area contributed by atoms with Crippen LogP contribution in [0, 0.1) is 105 Å². The molecule has 2 heterocycles. The number of rotatable bonds is 5. The molecular weight excluding hydrogens is 1060 g/mol. The minimum Gasteiger partial charge on any atom is -0.454 e. The van der Waals surface area contributed by atoms with Gasteiger partial charge < -0.3 is 45.1 Å². The van der Waals surface area contributed by atoms with Crippen molar-refractivity contribution in [1.29, 1.82) is 0 Å². The standard InChI is InChI=1S/C75H93NO9/c1-44(51-12-3-4-13-51)53-18-19-60-68-70-38-49(32-56(70)23-27-84-68)17-16-45-8-5-9-46(28-45)29-47-10-6-11-48(30-47)31-50-20-24-69(37-50)25-21-52-14-7-15-54(40-77)57(52)35-62(76-2)58-33-55-39-73(81)71(41-69,65(55)59-36-64(79)85-66(58)59)26-22-63-72(42-70,43-78)74(60,82)61(34-53)67(80)75(63,73)83/h5-11,14-15,28,30,36,43-44,49-51,53,55-56,58,60-63,65-68,76-77,80-83H,3-4,12-13,16-20,22-24,26-27,29,31-35,37-42H2,1-2H3. The minimum absolute atomic E-state index is 0.131. The van der Waals surface area contributed by atoms with Crippen molar-refractivity contribution in [2.24, 2.45) is 92.7 Å². The Hall–Kier alpha value is -4.18. The van der Waals surface area contributed by atoms with Crippen molar-refractivity contribution in [1.82, 2.24) is 5.32 Å². The largest absolute Gasteiger partial charge is 0.454 e. The van der Waals surface area contributed by atoms with Crippen molar-refractivity contribution in [3.8, 4) is 11.8 Å². The number of esters is 1. The molecule has 1 saturated heterocycles. The number of benzene rings is 3. The van der Waals surface area contributed by atoms with E-state index in [9.17, 15) is 20.1 Å². The molecule has 10 heteroatoms. The number of likely N-dealkylation sites (N-methyl/N-ethyl adjacent to an activating group) is 1. The van der Waals surface area contributed by atoms with E-state index in [0.717, 1.165) is 99.2 Å². The molecule has 18 rings (SSSR count). The Labute approximate surface area is 504 Å². The lowest BCUT2D eigenvalue weighted by molar-refractivity contribution is -0.390. The predicted molar refractivity (Wildman–Crippen MR) is 323 cm³/mol. The van der Waals surface area contributed by atoms with Crippen LogP contribution in [0.15, 0.2) is 78.4 Å². The van der Waals surface area contributed by atoms with Gasteiger partial charge in [0.1, 0.15) is 23.6 Å². The molecule has 15 bridgehead atoms. The summed E-state index contributed by atoms with van der Waals surface area (Å²) in [6, 6.07) is 24.3. The summed E-state index contributed by atoms with van der Waals surface area (Å²) in [5.41, 5.74) is -0.791. The minimum atomic E-state index is -2.23. The van der Waals surface area contributed by atoms with Crippen LogP contribution in [0.2, 0.25) is 0 Å². The number of carbonyl (C=O) groups is 2. The highest BCUT2D eigenvalue weighted by Gasteiger charge is 2.88. The van der Waals surface area contributed by atoms with Crippen LogP contribution in [-0.4, -0.2) is 92.6 Å². The van der Waals surface area contributed by atoms with Gasteiger partial charge in [0, 0.05) is 64.2 Å². The SMILES string of the molecule is CNC1Cc2c(cccc2CO)C#CC23CCC(Cc4cccc(c4)Cc4cccc(c4)CCC4CC5CCOC6C7CCC(C(C)C8CCCC8)CC8C(O)C9(O)C(CCC%10(C2)C2C%11=CC(=O)OC%11C1CC2CC%109O)C(C=O)(CC56C4)C78O)C3. The summed E-state index contributed by atoms with van der Waals surface area (Å²) < 4.78 is 13.9. The number of nitrogens with one attached hydrogen (secondary N) is 1. The van der Waals surface area contributed by atoms with Crippen LogP contribution in [0.5, 0.6) is 0 Å². The highest BCUT2D eigenvalue weighted by Crippen LogP contribution is 2.81. The zero-order valence-electron chi connectivity index (χ0n) is 50.5. The summed E-state index contributed by atoms with van der Waals surface area (Å²) >= 11 is 0. The van der Waals surface area contributed by atoms with Crippen LogP contribution in [0.4, 0.5) is 0 Å². The average Bonchev–Trinajstić information content (AvgIpc) is 1.63. The molecule has 22 atom stereocenters. The van der Waals surface area contributed by atoms with Gasteiger partial charge in [-0.05, 0) is 228 Å². The molecule has 452 valence electrons. The first-order chi connectivity index (χ1) is 41.1. The van der Waals surface area contributed by atoms with Crippen molar-refractivity contribution in [3.63, 3.8) is 0 Å². The molecule has 10 nitrogen and oxygen atoms in total. The Bertz CT molecular complexity index is 3270. The van der Waals surface area contributed by atoms with Crippen LogP contribution < -0.4 is 5.32 Å². The van der Waals surface area contributed by atoms with Crippen molar-refractivity contribution in [2.75, 3.05) is 13.7 Å². The van der Waals surface area contributed by atoms with E-state index in [1.54, 1.807) is 6.08 Å². The number of carbonyl (C=O) groups excluding carboxylic acids is 2. The van der Waals surface area contributed by atoms with Crippen molar-refractivity contribution < 1.29 is 44.6 Å². The van der Waals surface area contributed by atoms with E-state index in [-0.39, 0.29) is 66.7 Å². The molecule has 0 radical (unpaired) electrons. The highest BCUT2D eigenvalue weighted by atomic mass is 16.5. The van der Waals surface area contributed by atoms with Gasteiger partial charge in [-0.2, -0.15) is 0 Å². The Morgan fingerprint density at radius 2 is 1.58 bits per heavy atom. The number of hydrogen-bond donors (Lipinski definition) is 6. The fourth-order valence-corrected chi connectivity index (χ4v) is 25.1. The van der Waals surface area contributed by atoms with Gasteiger partial charge >= 0.3 is 5.97 Å². The molecular formula is C75H93NO9. The second kappa shape index (κ2) is 20.2. The predicted octanol–water partition coefficient (Wildman–Crippen LogP) is 10.4. The molecule has 0 aromatic heterocycles. The molecule has 3 spiro atoms. The molecule has 22 unspecified atom stereocenters.